The molecule has 0 saturated heterocycles. The fourth-order valence-electron chi connectivity index (χ4n) is 5.00. The van der Waals surface area contributed by atoms with Crippen molar-refractivity contribution in [1.29, 1.82) is 0 Å². The molecule has 43 heavy (non-hydrogen) atoms. The highest BCUT2D eigenvalue weighted by atomic mass is 16.5. The van der Waals surface area contributed by atoms with E-state index in [1.807, 2.05) is 42.8 Å². The first kappa shape index (κ1) is 29.5. The highest BCUT2D eigenvalue weighted by molar-refractivity contribution is 5.96. The van der Waals surface area contributed by atoms with Gasteiger partial charge in [-0.2, -0.15) is 5.10 Å². The molecule has 1 aliphatic rings. The van der Waals surface area contributed by atoms with E-state index < -0.39 is 17.9 Å². The number of nitrogens with one attached hydrogen (secondary N) is 2. The third-order valence-electron chi connectivity index (χ3n) is 7.23. The zero-order valence-electron chi connectivity index (χ0n) is 24.5. The van der Waals surface area contributed by atoms with Crippen molar-refractivity contribution in [1.82, 2.24) is 39.7 Å². The number of carbonyl (C=O) groups is 3. The molecule has 0 aliphatic carbocycles. The van der Waals surface area contributed by atoms with Gasteiger partial charge in [0.25, 0.3) is 5.91 Å². The van der Waals surface area contributed by atoms with Gasteiger partial charge in [0.15, 0.2) is 22.8 Å². The molecule has 1 atom stereocenters. The zero-order chi connectivity index (χ0) is 30.3. The number of rotatable bonds is 3. The quantitative estimate of drug-likeness (QED) is 0.371. The van der Waals surface area contributed by atoms with Gasteiger partial charge in [0.2, 0.25) is 11.8 Å². The maximum Gasteiger partial charge on any atom is 0.274 e. The molecule has 0 radical (unpaired) electrons. The van der Waals surface area contributed by atoms with Crippen LogP contribution in [0.2, 0.25) is 0 Å². The average molecular weight is 589 g/mol. The number of imidazole rings is 2. The molecular weight excluding hydrogens is 552 g/mol. The largest absolute Gasteiger partial charge is 0.493 e. The number of benzene rings is 1. The maximum atomic E-state index is 13.7. The molecule has 4 aromatic rings. The summed E-state index contributed by atoms with van der Waals surface area (Å²) < 4.78 is 15.1. The van der Waals surface area contributed by atoms with E-state index in [2.05, 4.69) is 25.7 Å². The summed E-state index contributed by atoms with van der Waals surface area (Å²) in [5, 5.41) is 10.0. The van der Waals surface area contributed by atoms with Crippen molar-refractivity contribution in [2.24, 2.45) is 5.92 Å². The van der Waals surface area contributed by atoms with Gasteiger partial charge in [0.1, 0.15) is 11.9 Å². The number of nitrogens with zero attached hydrogens (tertiary/aromatic N) is 6. The number of amides is 3. The lowest BCUT2D eigenvalue weighted by atomic mass is 10.0. The van der Waals surface area contributed by atoms with Crippen LogP contribution in [0.15, 0.2) is 55.1 Å². The van der Waals surface area contributed by atoms with E-state index in [-0.39, 0.29) is 37.2 Å². The van der Waals surface area contributed by atoms with Gasteiger partial charge in [0.05, 0.1) is 26.5 Å². The molecule has 2 N–H and O–H groups in total. The second-order valence-corrected chi connectivity index (χ2v) is 10.6. The van der Waals surface area contributed by atoms with Crippen LogP contribution in [-0.4, -0.2) is 86.2 Å². The van der Waals surface area contributed by atoms with Gasteiger partial charge in [0, 0.05) is 43.8 Å². The molecule has 0 spiro atoms. The van der Waals surface area contributed by atoms with Crippen molar-refractivity contribution in [2.45, 2.75) is 39.3 Å². The van der Waals surface area contributed by atoms with E-state index in [4.69, 9.17) is 9.47 Å². The number of aromatic nitrogens is 5. The normalized spacial score (nSPS) is 17.2. The molecule has 3 aromatic heterocycles. The minimum absolute atomic E-state index is 0.167. The van der Waals surface area contributed by atoms with Crippen molar-refractivity contribution in [2.75, 3.05) is 33.4 Å². The Bertz CT molecular complexity index is 1600. The Labute approximate surface area is 249 Å². The smallest absolute Gasteiger partial charge is 0.274 e. The third-order valence-corrected chi connectivity index (χ3v) is 7.23. The number of aryl methyl sites for hydroxylation is 1. The predicted molar refractivity (Wildman–Crippen MR) is 158 cm³/mol. The minimum Gasteiger partial charge on any atom is -0.493 e. The van der Waals surface area contributed by atoms with E-state index in [0.29, 0.717) is 43.1 Å². The summed E-state index contributed by atoms with van der Waals surface area (Å²) in [6.07, 6.45) is 7.71. The van der Waals surface area contributed by atoms with Crippen LogP contribution in [0.5, 0.6) is 11.5 Å². The van der Waals surface area contributed by atoms with Crippen LogP contribution in [0.25, 0.3) is 17.0 Å². The molecule has 226 valence electrons. The number of fused-ring (bicyclic) bond motifs is 5. The summed E-state index contributed by atoms with van der Waals surface area (Å²) >= 11 is 0. The number of hydrogen-bond donors (Lipinski definition) is 2. The highest BCUT2D eigenvalue weighted by Gasteiger charge is 2.27. The molecule has 4 heterocycles. The first-order valence-electron chi connectivity index (χ1n) is 14.3. The van der Waals surface area contributed by atoms with E-state index >= 15 is 0 Å². The Balaban J connectivity index is 1.43. The first-order valence-corrected chi connectivity index (χ1v) is 14.3. The fraction of sp³-hybridized carbons (Fsp3) is 0.400. The number of methoxy groups -OCH3 is 1. The highest BCUT2D eigenvalue weighted by Crippen LogP contribution is 2.32. The summed E-state index contributed by atoms with van der Waals surface area (Å²) in [4.78, 5) is 50.3. The van der Waals surface area contributed by atoms with Crippen molar-refractivity contribution in [3.63, 3.8) is 0 Å². The molecule has 3 amide bonds. The van der Waals surface area contributed by atoms with E-state index in [0.717, 1.165) is 11.4 Å². The average Bonchev–Trinajstić information content (AvgIpc) is 3.66. The van der Waals surface area contributed by atoms with Crippen LogP contribution in [0.3, 0.4) is 0 Å². The number of ether oxygens (including phenoxy) is 2. The second kappa shape index (κ2) is 13.4. The topological polar surface area (TPSA) is 145 Å². The monoisotopic (exact) mass is 588 g/mol. The second-order valence-electron chi connectivity index (χ2n) is 10.6. The lowest BCUT2D eigenvalue weighted by Gasteiger charge is -2.25. The van der Waals surface area contributed by atoms with Crippen molar-refractivity contribution >= 4 is 23.4 Å². The van der Waals surface area contributed by atoms with Crippen LogP contribution in [-0.2, 0) is 16.1 Å². The lowest BCUT2D eigenvalue weighted by molar-refractivity contribution is -0.130. The Morgan fingerprint density at radius 2 is 1.98 bits per heavy atom. The predicted octanol–water partition coefficient (Wildman–Crippen LogP) is 2.17. The van der Waals surface area contributed by atoms with Crippen LogP contribution >= 0.6 is 0 Å². The lowest BCUT2D eigenvalue weighted by Crippen LogP contribution is -2.52. The molecule has 0 fully saturated rings. The standard InChI is InChI=1S/C30H36N8O5/c1-20(2)27-29(40)32-10-5-13-36-15-12-31-28(36)21-8-9-23(42-3)24(17-21)43-16-6-14-37(19-26(39)35-27)30(41)22-18-33-25-7-4-11-34-38(22)25/h4,7-9,11-12,15,17-18,20,27H,5-6,10,13-14,16,19H2,1-3H3,(H,32,40)(H,35,39)/t27-/m1/s1. The fourth-order valence-corrected chi connectivity index (χ4v) is 5.00. The van der Waals surface area contributed by atoms with Crippen LogP contribution in [0, 0.1) is 5.92 Å². The summed E-state index contributed by atoms with van der Waals surface area (Å²) in [6.45, 7) is 4.98. The molecule has 2 bridgehead atoms. The van der Waals surface area contributed by atoms with Crippen LogP contribution in [0.1, 0.15) is 37.2 Å². The molecule has 0 unspecified atom stereocenters. The molecule has 1 aromatic carbocycles. The minimum atomic E-state index is -0.759. The Hall–Kier alpha value is -4.94. The van der Waals surface area contributed by atoms with Gasteiger partial charge in [-0.25, -0.2) is 14.5 Å². The van der Waals surface area contributed by atoms with Crippen LogP contribution < -0.4 is 20.1 Å². The maximum absolute atomic E-state index is 13.7. The number of hydrogen-bond acceptors (Lipinski definition) is 8. The molecule has 13 heteroatoms. The summed E-state index contributed by atoms with van der Waals surface area (Å²) in [5.74, 6) is 0.580. The van der Waals surface area contributed by atoms with Gasteiger partial charge in [-0.3, -0.25) is 14.4 Å². The number of carbonyl (C=O) groups excluding carboxylic acids is 3. The summed E-state index contributed by atoms with van der Waals surface area (Å²) in [5.41, 5.74) is 1.60. The zero-order valence-corrected chi connectivity index (χ0v) is 24.5. The first-order chi connectivity index (χ1) is 20.9. The molecular formula is C30H36N8O5. The Morgan fingerprint density at radius 3 is 2.79 bits per heavy atom. The molecule has 1 aliphatic heterocycles. The molecule has 0 saturated carbocycles. The Morgan fingerprint density at radius 1 is 1.12 bits per heavy atom. The van der Waals surface area contributed by atoms with E-state index in [1.165, 1.54) is 15.6 Å². The van der Waals surface area contributed by atoms with E-state index in [9.17, 15) is 14.4 Å². The van der Waals surface area contributed by atoms with Crippen molar-refractivity contribution in [3.8, 4) is 22.9 Å². The Kier molecular flexibility index (Phi) is 9.18. The van der Waals surface area contributed by atoms with Crippen molar-refractivity contribution < 1.29 is 23.9 Å². The molecule has 5 rings (SSSR count). The molecule has 13 nitrogen and oxygen atoms in total. The summed E-state index contributed by atoms with van der Waals surface area (Å²) in [7, 11) is 1.58. The van der Waals surface area contributed by atoms with Gasteiger partial charge in [-0.05, 0) is 49.1 Å². The summed E-state index contributed by atoms with van der Waals surface area (Å²) in [6, 6.07) is 8.34. The van der Waals surface area contributed by atoms with Gasteiger partial charge in [-0.15, -0.1) is 0 Å². The third kappa shape index (κ3) is 6.76. The SMILES string of the molecule is COc1ccc2cc1OCCCN(C(=O)c1cnc3cccnn13)CC(=O)N[C@H](C(C)C)C(=O)NCCCn1ccnc1-2. The van der Waals surface area contributed by atoms with Crippen molar-refractivity contribution in [3.05, 3.63) is 60.8 Å². The van der Waals surface area contributed by atoms with Gasteiger partial charge < -0.3 is 29.6 Å². The van der Waals surface area contributed by atoms with Crippen LogP contribution in [0.4, 0.5) is 0 Å². The van der Waals surface area contributed by atoms with E-state index in [1.54, 1.807) is 31.6 Å². The van der Waals surface area contributed by atoms with Gasteiger partial charge in [-0.1, -0.05) is 13.8 Å². The van der Waals surface area contributed by atoms with Gasteiger partial charge >= 0.3 is 0 Å².